The Labute approximate surface area is 297 Å². The highest BCUT2D eigenvalue weighted by Gasteiger charge is 2.72. The lowest BCUT2D eigenvalue weighted by molar-refractivity contribution is -0.214. The Morgan fingerprint density at radius 2 is 1.71 bits per heavy atom. The molecule has 0 bridgehead atoms. The third kappa shape index (κ3) is 4.89. The lowest BCUT2D eigenvalue weighted by atomic mass is 9.56. The molecule has 0 aromatic heterocycles. The number of benzene rings is 2. The van der Waals surface area contributed by atoms with Gasteiger partial charge in [-0.3, -0.25) is 24.0 Å². The van der Waals surface area contributed by atoms with Crippen molar-refractivity contribution in [2.75, 3.05) is 20.8 Å². The number of ether oxygens (including phenoxy) is 3. The van der Waals surface area contributed by atoms with Gasteiger partial charge in [-0.2, -0.15) is 0 Å². The van der Waals surface area contributed by atoms with Crippen LogP contribution in [0.3, 0.4) is 0 Å². The van der Waals surface area contributed by atoms with E-state index in [1.54, 1.807) is 20.8 Å². The molecule has 2 aromatic rings. The molecule has 278 valence electrons. The number of allylic oxidation sites excluding steroid dienone is 2. The standard InChI is InChI=1S/C36H40N2O14/c1-12(2)37-33(48)22-13(3)7-15-8-21(41)36(51-6)32(47)24-17(31(46)35(36,49)25(15)29(22)45)9-16-23(28(24)44)20(40)10-19(26(16)42)38-34-18(11-39)27(43)30(50-5)14(4)52-34/h7,9-10,12,14,18,21,27,30,34,38-39,41,43-45,49H,8,11H2,1-6H3,(H,37,48)/t14-,18+,21+,27-,30-,34-,35-,36+/m0/s1. The highest BCUT2D eigenvalue weighted by Crippen LogP contribution is 2.56. The zero-order valence-corrected chi connectivity index (χ0v) is 29.1. The minimum atomic E-state index is -3.22. The van der Waals surface area contributed by atoms with Crippen molar-refractivity contribution >= 4 is 29.0 Å². The number of phenols is 2. The van der Waals surface area contributed by atoms with Crippen molar-refractivity contribution in [2.24, 2.45) is 5.92 Å². The molecule has 0 radical (unpaired) electrons. The smallest absolute Gasteiger partial charge is 0.255 e. The van der Waals surface area contributed by atoms with Crippen LogP contribution >= 0.6 is 0 Å². The summed E-state index contributed by atoms with van der Waals surface area (Å²) < 4.78 is 16.6. The average Bonchev–Trinajstić information content (AvgIpc) is 3.05. The van der Waals surface area contributed by atoms with E-state index in [1.807, 2.05) is 0 Å². The number of phenolic OH excluding ortho intramolecular Hbond substituents is 2. The van der Waals surface area contributed by atoms with Crippen molar-refractivity contribution in [1.29, 1.82) is 0 Å². The van der Waals surface area contributed by atoms with Gasteiger partial charge in [-0.1, -0.05) is 6.07 Å². The monoisotopic (exact) mass is 724 g/mol. The Morgan fingerprint density at radius 1 is 1.04 bits per heavy atom. The Hall–Kier alpha value is -4.55. The number of amides is 1. The van der Waals surface area contributed by atoms with E-state index in [0.29, 0.717) is 0 Å². The number of nitrogens with one attached hydrogen (secondary N) is 2. The molecule has 16 nitrogen and oxygen atoms in total. The van der Waals surface area contributed by atoms with Gasteiger partial charge in [-0.05, 0) is 44.9 Å². The zero-order valence-electron chi connectivity index (χ0n) is 29.1. The fraction of sp³-hybridized carbons (Fsp3) is 0.472. The number of methoxy groups -OCH3 is 2. The van der Waals surface area contributed by atoms with Crippen LogP contribution in [-0.4, -0.2) is 123 Å². The van der Waals surface area contributed by atoms with Crippen molar-refractivity contribution in [3.8, 4) is 11.5 Å². The molecular weight excluding hydrogens is 684 g/mol. The third-order valence-corrected chi connectivity index (χ3v) is 10.5. The first kappa shape index (κ1) is 37.2. The summed E-state index contributed by atoms with van der Waals surface area (Å²) in [7, 11) is 2.28. The van der Waals surface area contributed by atoms with Crippen molar-refractivity contribution in [1.82, 2.24) is 10.6 Å². The van der Waals surface area contributed by atoms with Crippen LogP contribution in [-0.2, 0) is 26.2 Å². The van der Waals surface area contributed by atoms with E-state index >= 15 is 0 Å². The number of aliphatic hydroxyl groups is 4. The molecule has 0 saturated carbocycles. The van der Waals surface area contributed by atoms with Gasteiger partial charge in [0.05, 0.1) is 53.2 Å². The summed E-state index contributed by atoms with van der Waals surface area (Å²) in [6, 6.07) is 1.85. The highest BCUT2D eigenvalue weighted by molar-refractivity contribution is 6.31. The van der Waals surface area contributed by atoms with E-state index in [4.69, 9.17) is 14.2 Å². The molecule has 1 aliphatic heterocycles. The summed E-state index contributed by atoms with van der Waals surface area (Å²) in [4.78, 5) is 69.9. The van der Waals surface area contributed by atoms with Gasteiger partial charge in [0.2, 0.25) is 17.3 Å². The van der Waals surface area contributed by atoms with Crippen molar-refractivity contribution in [2.45, 2.75) is 82.0 Å². The zero-order chi connectivity index (χ0) is 38.4. The lowest BCUT2D eigenvalue weighted by Crippen LogP contribution is -2.73. The number of fused-ring (bicyclic) bond motifs is 5. The Balaban J connectivity index is 1.51. The fourth-order valence-electron chi connectivity index (χ4n) is 8.16. The topological polar surface area (TPSA) is 258 Å². The van der Waals surface area contributed by atoms with Gasteiger partial charge in [-0.25, -0.2) is 0 Å². The minimum absolute atomic E-state index is 0.0178. The molecule has 3 aliphatic carbocycles. The first-order valence-corrected chi connectivity index (χ1v) is 16.6. The number of ketones is 4. The van der Waals surface area contributed by atoms with Crippen LogP contribution in [0.2, 0.25) is 0 Å². The number of Topliss-reactive ketones (excluding diaryl/α,β-unsaturated/α-hetero) is 3. The number of rotatable bonds is 7. The van der Waals surface area contributed by atoms with Gasteiger partial charge >= 0.3 is 0 Å². The second kappa shape index (κ2) is 12.8. The molecule has 8 atom stereocenters. The van der Waals surface area contributed by atoms with Crippen LogP contribution in [0.4, 0.5) is 0 Å². The Bertz CT molecular complexity index is 1970. The number of carbonyl (C=O) groups excluding carboxylic acids is 5. The number of aryl methyl sites for hydroxylation is 1. The normalized spacial score (nSPS) is 31.0. The lowest BCUT2D eigenvalue weighted by Gasteiger charge is -2.53. The predicted octanol–water partition coefficient (Wildman–Crippen LogP) is -0.305. The maximum absolute atomic E-state index is 14.7. The molecule has 0 unspecified atom stereocenters. The van der Waals surface area contributed by atoms with Gasteiger partial charge in [0.1, 0.15) is 23.8 Å². The second-order valence-electron chi connectivity index (χ2n) is 13.9. The molecule has 8 N–H and O–H groups in total. The summed E-state index contributed by atoms with van der Waals surface area (Å²) in [5, 5.41) is 73.4. The largest absolute Gasteiger partial charge is 0.507 e. The molecule has 52 heavy (non-hydrogen) atoms. The van der Waals surface area contributed by atoms with Gasteiger partial charge in [-0.15, -0.1) is 0 Å². The third-order valence-electron chi connectivity index (χ3n) is 10.5. The first-order chi connectivity index (χ1) is 24.4. The van der Waals surface area contributed by atoms with Crippen molar-refractivity contribution in [3.63, 3.8) is 0 Å². The molecule has 1 heterocycles. The van der Waals surface area contributed by atoms with Crippen LogP contribution in [0, 0.1) is 12.8 Å². The molecule has 1 saturated heterocycles. The van der Waals surface area contributed by atoms with Crippen LogP contribution < -0.4 is 10.6 Å². The van der Waals surface area contributed by atoms with Crippen LogP contribution in [0.25, 0.3) is 0 Å². The predicted molar refractivity (Wildman–Crippen MR) is 177 cm³/mol. The maximum atomic E-state index is 14.7. The molecule has 6 rings (SSSR count). The number of hydrogen-bond acceptors (Lipinski definition) is 15. The number of carbonyl (C=O) groups is 5. The summed E-state index contributed by atoms with van der Waals surface area (Å²) in [5.74, 6) is -8.38. The van der Waals surface area contributed by atoms with E-state index < -0.39 is 135 Å². The molecule has 16 heteroatoms. The molecule has 1 fully saturated rings. The maximum Gasteiger partial charge on any atom is 0.255 e. The Kier molecular flexibility index (Phi) is 9.19. The second-order valence-corrected chi connectivity index (χ2v) is 13.9. The summed E-state index contributed by atoms with van der Waals surface area (Å²) in [6.07, 6.45) is -5.59. The fourth-order valence-corrected chi connectivity index (χ4v) is 8.16. The molecular formula is C36H40N2O14. The number of aliphatic hydroxyl groups excluding tert-OH is 3. The van der Waals surface area contributed by atoms with Crippen molar-refractivity contribution in [3.05, 3.63) is 68.4 Å². The van der Waals surface area contributed by atoms with E-state index in [-0.39, 0.29) is 22.7 Å². The van der Waals surface area contributed by atoms with E-state index in [9.17, 15) is 54.6 Å². The summed E-state index contributed by atoms with van der Waals surface area (Å²) in [5.41, 5.74) is -9.92. The number of hydrogen-bond donors (Lipinski definition) is 8. The Morgan fingerprint density at radius 3 is 2.31 bits per heavy atom. The first-order valence-electron chi connectivity index (χ1n) is 16.6. The van der Waals surface area contributed by atoms with Gasteiger partial charge in [0.25, 0.3) is 5.91 Å². The van der Waals surface area contributed by atoms with Gasteiger partial charge in [0.15, 0.2) is 17.0 Å². The SMILES string of the molecule is CO[C@@H]1[C@@H](O)[C@@H](CO)[C@@H](NC2=CC(=O)c3c(cc4c(c3O)C(=O)[C@]3(OC)[C@H](O)Cc5cc(C)c(C(=O)NC(C)C)c(O)c5[C@]3(O)C4=O)C2=O)O[C@H]1C. The highest BCUT2D eigenvalue weighted by atomic mass is 16.6. The number of aromatic hydroxyl groups is 2. The van der Waals surface area contributed by atoms with Crippen molar-refractivity contribution < 1.29 is 68.8 Å². The molecule has 0 spiro atoms. The van der Waals surface area contributed by atoms with Gasteiger partial charge < -0.3 is 55.5 Å². The van der Waals surface area contributed by atoms with E-state index in [1.165, 1.54) is 20.1 Å². The summed E-state index contributed by atoms with van der Waals surface area (Å²) in [6.45, 7) is 5.83. The quantitative estimate of drug-likeness (QED) is 0.182. The molecule has 2 aromatic carbocycles. The molecule has 4 aliphatic rings. The minimum Gasteiger partial charge on any atom is -0.507 e. The van der Waals surface area contributed by atoms with Gasteiger partial charge in [0, 0.05) is 49.4 Å². The molecule has 1 amide bonds. The average molecular weight is 725 g/mol. The van der Waals surface area contributed by atoms with Crippen LogP contribution in [0.5, 0.6) is 11.5 Å². The van der Waals surface area contributed by atoms with Crippen LogP contribution in [0.1, 0.15) is 89.3 Å². The van der Waals surface area contributed by atoms with E-state index in [2.05, 4.69) is 10.6 Å². The van der Waals surface area contributed by atoms with E-state index in [0.717, 1.165) is 19.3 Å². The van der Waals surface area contributed by atoms with Crippen LogP contribution in [0.15, 0.2) is 23.9 Å². The summed E-state index contributed by atoms with van der Waals surface area (Å²) >= 11 is 0.